The zero-order chi connectivity index (χ0) is 10.1. The molecule has 1 fully saturated rings. The Balaban J connectivity index is 2.01. The molecular formula is C15H16. The third-order valence-corrected chi connectivity index (χ3v) is 3.61. The first-order chi connectivity index (χ1) is 7.43. The molecule has 1 aliphatic rings. The van der Waals surface area contributed by atoms with Gasteiger partial charge in [-0.2, -0.15) is 0 Å². The van der Waals surface area contributed by atoms with Crippen molar-refractivity contribution in [1.29, 1.82) is 0 Å². The summed E-state index contributed by atoms with van der Waals surface area (Å²) in [5, 5.41) is 2.83. The average molecular weight is 196 g/mol. The van der Waals surface area contributed by atoms with Crippen molar-refractivity contribution in [1.82, 2.24) is 0 Å². The molecule has 0 bridgehead atoms. The molecule has 0 saturated heterocycles. The third-order valence-electron chi connectivity index (χ3n) is 3.61. The molecule has 0 aliphatic heterocycles. The number of rotatable bonds is 2. The predicted octanol–water partition coefficient (Wildman–Crippen LogP) is 4.18. The maximum atomic E-state index is 2.29. The second-order valence-electron chi connectivity index (χ2n) is 4.64. The van der Waals surface area contributed by atoms with Crippen molar-refractivity contribution >= 4 is 10.8 Å². The monoisotopic (exact) mass is 196 g/mol. The summed E-state index contributed by atoms with van der Waals surface area (Å²) < 4.78 is 0. The van der Waals surface area contributed by atoms with Gasteiger partial charge in [-0.1, -0.05) is 61.7 Å². The van der Waals surface area contributed by atoms with Gasteiger partial charge in [0.1, 0.15) is 0 Å². The van der Waals surface area contributed by atoms with Crippen molar-refractivity contribution in [2.75, 3.05) is 0 Å². The van der Waals surface area contributed by atoms with E-state index in [1.807, 2.05) is 0 Å². The molecule has 0 nitrogen and oxygen atoms in total. The lowest BCUT2D eigenvalue weighted by molar-refractivity contribution is 0.315. The first kappa shape index (κ1) is 8.96. The number of hydrogen-bond donors (Lipinski definition) is 0. The standard InChI is InChI=1S/C15H16/c1-2-10-15-13(7-1)8-4-9-14(15)11-12-5-3-6-12/h1-2,4,7-10,12H,3,5-6,11H2. The van der Waals surface area contributed by atoms with Crippen LogP contribution in [-0.2, 0) is 6.42 Å². The lowest BCUT2D eigenvalue weighted by Crippen LogP contribution is -2.13. The molecule has 0 radical (unpaired) electrons. The van der Waals surface area contributed by atoms with E-state index in [0.717, 1.165) is 5.92 Å². The molecular weight excluding hydrogens is 180 g/mol. The highest BCUT2D eigenvalue weighted by Crippen LogP contribution is 2.31. The third kappa shape index (κ3) is 1.65. The summed E-state index contributed by atoms with van der Waals surface area (Å²) in [5.74, 6) is 0.954. The molecule has 3 rings (SSSR count). The van der Waals surface area contributed by atoms with Gasteiger partial charge in [-0.15, -0.1) is 0 Å². The van der Waals surface area contributed by atoms with Crippen molar-refractivity contribution in [2.45, 2.75) is 25.7 Å². The van der Waals surface area contributed by atoms with E-state index in [1.165, 1.54) is 42.0 Å². The second kappa shape index (κ2) is 3.69. The molecule has 0 N–H and O–H groups in total. The second-order valence-corrected chi connectivity index (χ2v) is 4.64. The molecule has 0 atom stereocenters. The summed E-state index contributed by atoms with van der Waals surface area (Å²) in [6, 6.07) is 15.4. The van der Waals surface area contributed by atoms with Crippen LogP contribution < -0.4 is 0 Å². The van der Waals surface area contributed by atoms with Gasteiger partial charge < -0.3 is 0 Å². The number of fused-ring (bicyclic) bond motifs is 1. The van der Waals surface area contributed by atoms with Gasteiger partial charge in [0, 0.05) is 0 Å². The van der Waals surface area contributed by atoms with Gasteiger partial charge in [0.25, 0.3) is 0 Å². The van der Waals surface area contributed by atoms with Crippen LogP contribution in [0.4, 0.5) is 0 Å². The minimum Gasteiger partial charge on any atom is -0.0616 e. The zero-order valence-corrected chi connectivity index (χ0v) is 8.95. The summed E-state index contributed by atoms with van der Waals surface area (Å²) in [6.07, 6.45) is 5.59. The lowest BCUT2D eigenvalue weighted by atomic mass is 9.80. The minimum atomic E-state index is 0.954. The topological polar surface area (TPSA) is 0 Å². The lowest BCUT2D eigenvalue weighted by Gasteiger charge is -2.25. The van der Waals surface area contributed by atoms with E-state index in [-0.39, 0.29) is 0 Å². The van der Waals surface area contributed by atoms with E-state index in [1.54, 1.807) is 0 Å². The Morgan fingerprint density at radius 1 is 0.933 bits per heavy atom. The molecule has 1 saturated carbocycles. The molecule has 0 unspecified atom stereocenters. The first-order valence-corrected chi connectivity index (χ1v) is 5.90. The Bertz CT molecular complexity index is 461. The van der Waals surface area contributed by atoms with Crippen molar-refractivity contribution in [3.05, 3.63) is 48.0 Å². The van der Waals surface area contributed by atoms with Gasteiger partial charge in [-0.05, 0) is 28.7 Å². The molecule has 0 amide bonds. The maximum Gasteiger partial charge on any atom is -0.0152 e. The summed E-state index contributed by atoms with van der Waals surface area (Å²) in [7, 11) is 0. The summed E-state index contributed by atoms with van der Waals surface area (Å²) in [6.45, 7) is 0. The molecule has 15 heavy (non-hydrogen) atoms. The van der Waals surface area contributed by atoms with Crippen LogP contribution in [0, 0.1) is 5.92 Å². The van der Waals surface area contributed by atoms with Crippen LogP contribution in [0.15, 0.2) is 42.5 Å². The summed E-state index contributed by atoms with van der Waals surface area (Å²) in [4.78, 5) is 0. The highest BCUT2D eigenvalue weighted by Gasteiger charge is 2.18. The minimum absolute atomic E-state index is 0.954. The smallest absolute Gasteiger partial charge is 0.0152 e. The SMILES string of the molecule is c1ccc2c(CC3CCC3)cccc2c1. The van der Waals surface area contributed by atoms with Crippen LogP contribution in [0.5, 0.6) is 0 Å². The molecule has 0 heteroatoms. The average Bonchev–Trinajstić information content (AvgIpc) is 2.23. The molecule has 2 aromatic rings. The molecule has 76 valence electrons. The Labute approximate surface area is 90.9 Å². The van der Waals surface area contributed by atoms with Crippen molar-refractivity contribution in [3.8, 4) is 0 Å². The van der Waals surface area contributed by atoms with Crippen LogP contribution in [-0.4, -0.2) is 0 Å². The normalized spacial score (nSPS) is 16.5. The Morgan fingerprint density at radius 3 is 2.53 bits per heavy atom. The van der Waals surface area contributed by atoms with Crippen molar-refractivity contribution in [2.24, 2.45) is 5.92 Å². The molecule has 0 spiro atoms. The first-order valence-electron chi connectivity index (χ1n) is 5.90. The van der Waals surface area contributed by atoms with Crippen LogP contribution in [0.25, 0.3) is 10.8 Å². The summed E-state index contributed by atoms with van der Waals surface area (Å²) in [5.41, 5.74) is 1.54. The van der Waals surface area contributed by atoms with Gasteiger partial charge in [-0.25, -0.2) is 0 Å². The van der Waals surface area contributed by atoms with Crippen LogP contribution >= 0.6 is 0 Å². The van der Waals surface area contributed by atoms with Crippen molar-refractivity contribution < 1.29 is 0 Å². The fourth-order valence-corrected chi connectivity index (χ4v) is 2.48. The van der Waals surface area contributed by atoms with E-state index >= 15 is 0 Å². The van der Waals surface area contributed by atoms with E-state index in [9.17, 15) is 0 Å². The Morgan fingerprint density at radius 2 is 1.73 bits per heavy atom. The highest BCUT2D eigenvalue weighted by atomic mass is 14.2. The van der Waals surface area contributed by atoms with E-state index in [4.69, 9.17) is 0 Å². The van der Waals surface area contributed by atoms with E-state index < -0.39 is 0 Å². The zero-order valence-electron chi connectivity index (χ0n) is 8.95. The number of benzene rings is 2. The van der Waals surface area contributed by atoms with Crippen LogP contribution in [0.2, 0.25) is 0 Å². The van der Waals surface area contributed by atoms with Gasteiger partial charge >= 0.3 is 0 Å². The molecule has 1 aliphatic carbocycles. The fourth-order valence-electron chi connectivity index (χ4n) is 2.48. The van der Waals surface area contributed by atoms with Gasteiger partial charge in [0.2, 0.25) is 0 Å². The quantitative estimate of drug-likeness (QED) is 0.676. The Hall–Kier alpha value is -1.30. The predicted molar refractivity (Wildman–Crippen MR) is 65.0 cm³/mol. The van der Waals surface area contributed by atoms with Crippen molar-refractivity contribution in [3.63, 3.8) is 0 Å². The van der Waals surface area contributed by atoms with Gasteiger partial charge in [0.15, 0.2) is 0 Å². The molecule has 2 aromatic carbocycles. The van der Waals surface area contributed by atoms with Crippen LogP contribution in [0.3, 0.4) is 0 Å². The Kier molecular flexibility index (Phi) is 2.21. The number of hydrogen-bond acceptors (Lipinski definition) is 0. The highest BCUT2D eigenvalue weighted by molar-refractivity contribution is 5.85. The fraction of sp³-hybridized carbons (Fsp3) is 0.333. The maximum absolute atomic E-state index is 2.29. The van der Waals surface area contributed by atoms with E-state index in [0.29, 0.717) is 0 Å². The van der Waals surface area contributed by atoms with Gasteiger partial charge in [-0.3, -0.25) is 0 Å². The summed E-state index contributed by atoms with van der Waals surface area (Å²) >= 11 is 0. The van der Waals surface area contributed by atoms with E-state index in [2.05, 4.69) is 42.5 Å². The molecule has 0 aromatic heterocycles. The molecule has 0 heterocycles. The largest absolute Gasteiger partial charge is 0.0616 e. The van der Waals surface area contributed by atoms with Crippen LogP contribution in [0.1, 0.15) is 24.8 Å². The van der Waals surface area contributed by atoms with Gasteiger partial charge in [0.05, 0.1) is 0 Å².